The highest BCUT2D eigenvalue weighted by atomic mass is 79.9. The summed E-state index contributed by atoms with van der Waals surface area (Å²) < 4.78 is 49.3. The zero-order valence-electron chi connectivity index (χ0n) is 20.6. The normalized spacial score (nSPS) is 12.3. The van der Waals surface area contributed by atoms with Gasteiger partial charge in [-0.25, -0.2) is 14.2 Å². The van der Waals surface area contributed by atoms with Crippen molar-refractivity contribution in [2.45, 2.75) is 39.0 Å². The van der Waals surface area contributed by atoms with E-state index in [0.29, 0.717) is 40.2 Å². The molecule has 0 aliphatic carbocycles. The summed E-state index contributed by atoms with van der Waals surface area (Å²) in [6, 6.07) is 8.49. The molecule has 1 N–H and O–H groups in total. The number of methoxy groups -OCH3 is 1. The van der Waals surface area contributed by atoms with Crippen LogP contribution in [0.15, 0.2) is 35.1 Å². The molecule has 10 nitrogen and oxygen atoms in total. The van der Waals surface area contributed by atoms with Gasteiger partial charge in [-0.2, -0.15) is 8.42 Å². The Morgan fingerprint density at radius 3 is 2.50 bits per heavy atom. The van der Waals surface area contributed by atoms with Crippen LogP contribution in [0.1, 0.15) is 5.56 Å². The number of hydrogen-bond acceptors (Lipinski definition) is 8. The molecular weight excluding hydrogens is 592 g/mol. The number of rotatable bonds is 13. The van der Waals surface area contributed by atoms with Crippen molar-refractivity contribution >= 4 is 62.9 Å². The van der Waals surface area contributed by atoms with E-state index in [0.717, 1.165) is 11.6 Å². The molecule has 0 aliphatic rings. The molecule has 0 spiro atoms. The van der Waals surface area contributed by atoms with E-state index in [2.05, 4.69) is 49.7 Å². The second kappa shape index (κ2) is 12.2. The first-order chi connectivity index (χ1) is 16.9. The average molecular weight is 622 g/mol. The number of anilines is 1. The summed E-state index contributed by atoms with van der Waals surface area (Å²) in [5.74, 6) is 0.711. The zero-order chi connectivity index (χ0) is 26.5. The number of halogens is 2. The highest BCUT2D eigenvalue weighted by molar-refractivity contribution is 9.10. The van der Waals surface area contributed by atoms with E-state index in [1.165, 1.54) is 0 Å². The molecule has 2 aromatic heterocycles. The first-order valence-electron chi connectivity index (χ1n) is 11.2. The van der Waals surface area contributed by atoms with Gasteiger partial charge in [-0.15, -0.1) is 0 Å². The average Bonchev–Trinajstić information content (AvgIpc) is 3.18. The number of benzene rings is 1. The van der Waals surface area contributed by atoms with Crippen molar-refractivity contribution in [2.75, 3.05) is 31.8 Å². The maximum atomic E-state index is 11.1. The maximum Gasteiger partial charge on any atom is 0.397 e. The van der Waals surface area contributed by atoms with E-state index in [1.54, 1.807) is 18.0 Å². The SMILES string of the molecule is COc1ccc(CN(CCOS(=O)(=O)O)c2c(Br)c(Cl)nc3c2ncn3COCC[Si](C)(C)C)cc1. The number of ether oxygens (including phenoxy) is 2. The Morgan fingerprint density at radius 2 is 1.89 bits per heavy atom. The third-order valence-corrected chi connectivity index (χ3v) is 8.72. The van der Waals surface area contributed by atoms with Crippen LogP contribution in [-0.2, 0) is 32.6 Å². The zero-order valence-corrected chi connectivity index (χ0v) is 24.7. The molecule has 0 amide bonds. The first-order valence-corrected chi connectivity index (χ1v) is 17.4. The maximum absolute atomic E-state index is 11.1. The fourth-order valence-electron chi connectivity index (χ4n) is 3.40. The van der Waals surface area contributed by atoms with Gasteiger partial charge in [0.1, 0.15) is 23.2 Å². The van der Waals surface area contributed by atoms with E-state index >= 15 is 0 Å². The summed E-state index contributed by atoms with van der Waals surface area (Å²) >= 11 is 10.0. The molecule has 3 aromatic rings. The number of aromatic nitrogens is 3. The molecule has 2 heterocycles. The van der Waals surface area contributed by atoms with Crippen LogP contribution < -0.4 is 9.64 Å². The summed E-state index contributed by atoms with van der Waals surface area (Å²) in [4.78, 5) is 10.9. The summed E-state index contributed by atoms with van der Waals surface area (Å²) in [7, 11) is -4.22. The molecule has 0 saturated heterocycles. The summed E-state index contributed by atoms with van der Waals surface area (Å²) in [6.45, 7) is 7.97. The lowest BCUT2D eigenvalue weighted by Crippen LogP contribution is -2.28. The molecule has 14 heteroatoms. The van der Waals surface area contributed by atoms with Gasteiger partial charge in [-0.1, -0.05) is 43.4 Å². The first kappa shape index (κ1) is 28.8. The number of fused-ring (bicyclic) bond motifs is 1. The van der Waals surface area contributed by atoms with Gasteiger partial charge in [0.05, 0.1) is 30.2 Å². The van der Waals surface area contributed by atoms with Crippen molar-refractivity contribution in [3.63, 3.8) is 0 Å². The smallest absolute Gasteiger partial charge is 0.397 e. The van der Waals surface area contributed by atoms with Gasteiger partial charge in [-0.3, -0.25) is 9.12 Å². The Kier molecular flexibility index (Phi) is 9.77. The lowest BCUT2D eigenvalue weighted by atomic mass is 10.2. The summed E-state index contributed by atoms with van der Waals surface area (Å²) in [5.41, 5.74) is 2.62. The lowest BCUT2D eigenvalue weighted by Gasteiger charge is -2.26. The van der Waals surface area contributed by atoms with Gasteiger partial charge in [0.15, 0.2) is 5.65 Å². The van der Waals surface area contributed by atoms with Crippen molar-refractivity contribution in [2.24, 2.45) is 0 Å². The molecule has 0 aliphatic heterocycles. The van der Waals surface area contributed by atoms with Crippen LogP contribution in [-0.4, -0.2) is 62.4 Å². The predicted octanol–water partition coefficient (Wildman–Crippen LogP) is 4.99. The van der Waals surface area contributed by atoms with E-state index < -0.39 is 18.5 Å². The molecule has 0 unspecified atom stereocenters. The topological polar surface area (TPSA) is 116 Å². The minimum absolute atomic E-state index is 0.111. The molecule has 36 heavy (non-hydrogen) atoms. The van der Waals surface area contributed by atoms with E-state index in [4.69, 9.17) is 25.6 Å². The van der Waals surface area contributed by atoms with Gasteiger partial charge < -0.3 is 14.4 Å². The minimum Gasteiger partial charge on any atom is -0.497 e. The fourth-order valence-corrected chi connectivity index (χ4v) is 5.14. The Labute approximate surface area is 225 Å². The molecule has 0 atom stereocenters. The second-order valence-electron chi connectivity index (χ2n) is 9.32. The lowest BCUT2D eigenvalue weighted by molar-refractivity contribution is 0.0895. The van der Waals surface area contributed by atoms with E-state index in [9.17, 15) is 8.42 Å². The monoisotopic (exact) mass is 620 g/mol. The van der Waals surface area contributed by atoms with Crippen molar-refractivity contribution in [1.82, 2.24) is 14.5 Å². The van der Waals surface area contributed by atoms with Crippen molar-refractivity contribution in [3.8, 4) is 5.75 Å². The molecule has 1 aromatic carbocycles. The van der Waals surface area contributed by atoms with E-state index in [-0.39, 0.29) is 25.0 Å². The number of hydrogen-bond donors (Lipinski definition) is 1. The van der Waals surface area contributed by atoms with Crippen LogP contribution in [0.25, 0.3) is 11.2 Å². The number of imidazole rings is 1. The Balaban J connectivity index is 1.94. The molecular formula is C22H30BrClN4O6SSi. The van der Waals surface area contributed by atoms with Crippen LogP contribution in [0.4, 0.5) is 5.69 Å². The molecule has 0 bridgehead atoms. The quantitative estimate of drug-likeness (QED) is 0.122. The van der Waals surface area contributed by atoms with Crippen LogP contribution in [0.3, 0.4) is 0 Å². The Hall–Kier alpha value is -1.74. The highest BCUT2D eigenvalue weighted by Crippen LogP contribution is 2.38. The predicted molar refractivity (Wildman–Crippen MR) is 146 cm³/mol. The van der Waals surface area contributed by atoms with E-state index in [1.807, 2.05) is 29.2 Å². The Bertz CT molecular complexity index is 1280. The van der Waals surface area contributed by atoms with Crippen molar-refractivity contribution < 1.29 is 26.6 Å². The van der Waals surface area contributed by atoms with Gasteiger partial charge in [0.25, 0.3) is 0 Å². The highest BCUT2D eigenvalue weighted by Gasteiger charge is 2.23. The number of pyridine rings is 1. The van der Waals surface area contributed by atoms with Crippen LogP contribution in [0.5, 0.6) is 5.75 Å². The molecule has 3 rings (SSSR count). The molecule has 0 radical (unpaired) electrons. The van der Waals surface area contributed by atoms with Crippen LogP contribution in [0.2, 0.25) is 30.8 Å². The molecule has 198 valence electrons. The fraction of sp³-hybridized carbons (Fsp3) is 0.455. The van der Waals surface area contributed by atoms with Gasteiger partial charge >= 0.3 is 10.4 Å². The molecule has 0 fully saturated rings. The van der Waals surface area contributed by atoms with Gasteiger partial charge in [0.2, 0.25) is 0 Å². The summed E-state index contributed by atoms with van der Waals surface area (Å²) in [5, 5.41) is 0.219. The largest absolute Gasteiger partial charge is 0.497 e. The van der Waals surface area contributed by atoms with Gasteiger partial charge in [0, 0.05) is 27.8 Å². The third-order valence-electron chi connectivity index (χ3n) is 5.30. The second-order valence-corrected chi connectivity index (χ2v) is 17.2. The van der Waals surface area contributed by atoms with Crippen LogP contribution >= 0.6 is 27.5 Å². The Morgan fingerprint density at radius 1 is 1.19 bits per heavy atom. The summed E-state index contributed by atoms with van der Waals surface area (Å²) in [6.07, 6.45) is 1.64. The van der Waals surface area contributed by atoms with Crippen LogP contribution in [0, 0.1) is 0 Å². The van der Waals surface area contributed by atoms with Gasteiger partial charge in [-0.05, 0) is 39.7 Å². The standard InChI is InChI=1S/C22H30BrClN4O6SSi/c1-32-17-7-5-16(6-8-17)13-27(9-10-34-35(29,30)31)20-18(23)21(24)26-22-19(20)25-14-28(22)15-33-11-12-36(2,3)4/h5-8,14H,9-13,15H2,1-4H3,(H,29,30,31). The third kappa shape index (κ3) is 8.13. The minimum atomic E-state index is -4.59. The van der Waals surface area contributed by atoms with Crippen molar-refractivity contribution in [1.29, 1.82) is 0 Å². The number of nitrogens with zero attached hydrogens (tertiary/aromatic N) is 4. The molecule has 0 saturated carbocycles. The van der Waals surface area contributed by atoms with Crippen molar-refractivity contribution in [3.05, 3.63) is 45.8 Å².